The molecule has 5 amide bonds. The number of alkyl carbamates (subject to hydrolysis) is 1. The van der Waals surface area contributed by atoms with Crippen molar-refractivity contribution < 1.29 is 66.2 Å². The van der Waals surface area contributed by atoms with Crippen molar-refractivity contribution in [1.82, 2.24) is 36.8 Å². The molecular formula is C77H127N7O14Si2. The normalized spacial score (nSPS) is 17.1. The van der Waals surface area contributed by atoms with E-state index in [1.165, 1.54) is 10.0 Å². The van der Waals surface area contributed by atoms with Crippen LogP contribution in [0.15, 0.2) is 86.5 Å². The first-order valence-corrected chi connectivity index (χ1v) is 42.0. The van der Waals surface area contributed by atoms with Gasteiger partial charge in [0.15, 0.2) is 0 Å². The number of hydrazine groups is 2. The Bertz CT molecular complexity index is 2990. The lowest BCUT2D eigenvalue weighted by Crippen LogP contribution is -2.62. The van der Waals surface area contributed by atoms with E-state index in [4.69, 9.17) is 27.8 Å². The van der Waals surface area contributed by atoms with E-state index in [1.807, 2.05) is 81.5 Å². The minimum absolute atomic E-state index is 0.00555. The summed E-state index contributed by atoms with van der Waals surface area (Å²) < 4.78 is 35.1. The summed E-state index contributed by atoms with van der Waals surface area (Å²) in [5, 5.41) is 11.4. The zero-order valence-corrected chi connectivity index (χ0v) is 66.3. The summed E-state index contributed by atoms with van der Waals surface area (Å²) >= 11 is 0. The number of carbonyl (C=O) groups excluding carboxylic acids is 8. The smallest absolute Gasteiger partial charge is 0.408 e. The first-order valence-electron chi connectivity index (χ1n) is 36.2. The second-order valence-electron chi connectivity index (χ2n) is 31.4. The quantitative estimate of drug-likeness (QED) is 0.0138. The third-order valence-electron chi connectivity index (χ3n) is 19.0. The number of carbonyl (C=O) groups is 8. The Balaban J connectivity index is 0.000000522. The first-order chi connectivity index (χ1) is 46.7. The number of rotatable bonds is 37. The molecule has 562 valence electrons. The highest BCUT2D eigenvalue weighted by Crippen LogP contribution is 2.39. The second kappa shape index (κ2) is 41.4. The van der Waals surface area contributed by atoms with Crippen molar-refractivity contribution >= 4 is 64.1 Å². The second-order valence-corrected chi connectivity index (χ2v) is 40.8. The summed E-state index contributed by atoms with van der Waals surface area (Å²) in [6, 6.07) is 10.9. The highest BCUT2D eigenvalue weighted by molar-refractivity contribution is 6.75. The van der Waals surface area contributed by atoms with Gasteiger partial charge in [-0.25, -0.2) is 15.6 Å². The summed E-state index contributed by atoms with van der Waals surface area (Å²) in [5.74, 6) is -2.63. The van der Waals surface area contributed by atoms with E-state index in [9.17, 15) is 38.4 Å². The Morgan fingerprint density at radius 1 is 0.600 bits per heavy atom. The number of nitrogens with zero attached hydrogens (tertiary/aromatic N) is 2. The number of benzene rings is 2. The molecule has 2 aliphatic heterocycles. The van der Waals surface area contributed by atoms with Crippen LogP contribution in [0.1, 0.15) is 192 Å². The standard InChI is InChI=1S/C41H67N3O7Si.C36H60N4O7Si/c1-12-14-16-17-25-50-40(48)34-22-19-24-44(43-34)39(47)35(27-31-20-18-21-32(26-31)51-52(10,11)41(6,7)8)42-38(46)33(29(3)4)28-36(45)30(5)37(49-9)23-15-13-2;1-12-13-14-15-22-45-33(43)28-20-17-21-40(39-28)32(42)29(37-31(41)30(25(2)3)38-34(44)46-35(4,5)6)24-26-18-16-19-27(23-26)47-48(10,11)36(7,8)9/h12-13,18,20-21,26,29-30,33-35,37,43H,1-2,14-17,19,22-25,27-28H2,3-11H3,(H,42,46);12,16,18-19,23,25,28-30,39H,1,13-15,17,20-22,24H2,2-11H3,(H,37,41)(H,38,44)/t30-,33-,34-,35-,37+;28-,29-,30-/m00/s1. The molecule has 21 nitrogen and oxygen atoms in total. The van der Waals surface area contributed by atoms with Gasteiger partial charge in [-0.1, -0.05) is 119 Å². The number of esters is 2. The van der Waals surface area contributed by atoms with Crippen molar-refractivity contribution in [3.8, 4) is 11.5 Å². The van der Waals surface area contributed by atoms with Crippen LogP contribution in [0.25, 0.3) is 0 Å². The van der Waals surface area contributed by atoms with Gasteiger partial charge in [-0.05, 0) is 181 Å². The highest BCUT2D eigenvalue weighted by atomic mass is 28.4. The van der Waals surface area contributed by atoms with Gasteiger partial charge >= 0.3 is 18.0 Å². The van der Waals surface area contributed by atoms with Gasteiger partial charge in [-0.15, -0.1) is 19.7 Å². The molecule has 0 aromatic heterocycles. The van der Waals surface area contributed by atoms with Crippen molar-refractivity contribution in [3.63, 3.8) is 0 Å². The molecule has 5 N–H and O–H groups in total. The van der Waals surface area contributed by atoms with E-state index in [0.717, 1.165) is 61.8 Å². The molecule has 0 radical (unpaired) electrons. The van der Waals surface area contributed by atoms with Crippen LogP contribution in [-0.4, -0.2) is 149 Å². The molecule has 0 aliphatic carbocycles. The van der Waals surface area contributed by atoms with Crippen molar-refractivity contribution in [2.75, 3.05) is 33.4 Å². The van der Waals surface area contributed by atoms with Crippen LogP contribution in [0.5, 0.6) is 11.5 Å². The topological polar surface area (TPSA) is 259 Å². The van der Waals surface area contributed by atoms with Crippen LogP contribution >= 0.6 is 0 Å². The first kappa shape index (κ1) is 87.6. The zero-order valence-electron chi connectivity index (χ0n) is 64.3. The predicted octanol–water partition coefficient (Wildman–Crippen LogP) is 13.4. The molecule has 2 aliphatic rings. The molecule has 0 spiro atoms. The molecular weight excluding hydrogens is 1300 g/mol. The van der Waals surface area contributed by atoms with E-state index in [0.29, 0.717) is 64.2 Å². The van der Waals surface area contributed by atoms with Crippen molar-refractivity contribution in [2.24, 2.45) is 23.7 Å². The lowest BCUT2D eigenvalue weighted by Gasteiger charge is -2.36. The van der Waals surface area contributed by atoms with Gasteiger partial charge in [0.2, 0.25) is 28.4 Å². The van der Waals surface area contributed by atoms with Gasteiger partial charge in [0.05, 0.1) is 19.3 Å². The van der Waals surface area contributed by atoms with Gasteiger partial charge in [-0.3, -0.25) is 43.6 Å². The summed E-state index contributed by atoms with van der Waals surface area (Å²) in [7, 11) is -2.68. The molecule has 100 heavy (non-hydrogen) atoms. The van der Waals surface area contributed by atoms with E-state index >= 15 is 0 Å². The fourth-order valence-corrected chi connectivity index (χ4v) is 12.8. The molecule has 0 bridgehead atoms. The molecule has 8 atom stereocenters. The number of hydrogen-bond acceptors (Lipinski definition) is 16. The third-order valence-corrected chi connectivity index (χ3v) is 27.8. The monoisotopic (exact) mass is 1430 g/mol. The average molecular weight is 1430 g/mol. The van der Waals surface area contributed by atoms with E-state index in [1.54, 1.807) is 47.8 Å². The van der Waals surface area contributed by atoms with Crippen LogP contribution in [0.2, 0.25) is 36.3 Å². The van der Waals surface area contributed by atoms with Crippen molar-refractivity contribution in [1.29, 1.82) is 0 Å². The average Bonchev–Trinajstić information content (AvgIpc) is 0.826. The molecule has 4 rings (SSSR count). The zero-order chi connectivity index (χ0) is 75.3. The van der Waals surface area contributed by atoms with Crippen molar-refractivity contribution in [2.45, 2.75) is 271 Å². The SMILES string of the molecule is C=CCCCCOC(=O)[C@@H]1CCCN(C(=O)[C@H](Cc2cccc(O[Si](C)(C)C(C)(C)C)c2)NC(=O)[C@@H](CC(=O)[C@H](C)[C@@H](CCC=C)OC)C(C)C)N1.C=CCCCCOC(=O)[C@@H]1CCCN(C(=O)[C@H](Cc2cccc(O[Si](C)(C)C(C)(C)C)c2)NC(=O)[C@@H](NC(=O)OC(C)(C)C)C(C)C)N1. The summed E-state index contributed by atoms with van der Waals surface area (Å²) in [6.07, 6.45) is 13.4. The van der Waals surface area contributed by atoms with Gasteiger partial charge in [0, 0.05) is 51.3 Å². The van der Waals surface area contributed by atoms with Gasteiger partial charge in [-0.2, -0.15) is 0 Å². The number of ketones is 1. The summed E-state index contributed by atoms with van der Waals surface area (Å²) in [6.45, 7) is 48.8. The van der Waals surface area contributed by atoms with Crippen molar-refractivity contribution in [3.05, 3.63) is 97.6 Å². The van der Waals surface area contributed by atoms with Gasteiger partial charge in [0.1, 0.15) is 53.1 Å². The number of ether oxygens (including phenoxy) is 4. The van der Waals surface area contributed by atoms with Gasteiger partial charge < -0.3 is 43.7 Å². The van der Waals surface area contributed by atoms with Gasteiger partial charge in [0.25, 0.3) is 11.8 Å². The third kappa shape index (κ3) is 29.7. The maximum atomic E-state index is 14.3. The fraction of sp³-hybridized carbons (Fsp3) is 0.662. The number of allylic oxidation sites excluding steroid dienone is 3. The van der Waals surface area contributed by atoms with Crippen LogP contribution in [0, 0.1) is 23.7 Å². The Hall–Kier alpha value is -6.67. The Kier molecular flexibility index (Phi) is 36.3. The number of unbranched alkanes of at least 4 members (excludes halogenated alkanes) is 4. The number of amides is 5. The molecule has 2 aromatic carbocycles. The number of nitrogens with one attached hydrogen (secondary N) is 5. The molecule has 2 fully saturated rings. The summed E-state index contributed by atoms with van der Waals surface area (Å²) in [5.41, 5.74) is 6.99. The minimum Gasteiger partial charge on any atom is -0.543 e. The maximum absolute atomic E-state index is 14.3. The van der Waals surface area contributed by atoms with Crippen LogP contribution in [-0.2, 0) is 65.4 Å². The Labute approximate surface area is 601 Å². The summed E-state index contributed by atoms with van der Waals surface area (Å²) in [4.78, 5) is 108. The molecule has 2 saturated heterocycles. The molecule has 2 heterocycles. The lowest BCUT2D eigenvalue weighted by atomic mass is 9.84. The van der Waals surface area contributed by atoms with Crippen LogP contribution in [0.4, 0.5) is 4.79 Å². The lowest BCUT2D eigenvalue weighted by molar-refractivity contribution is -0.154. The molecule has 0 saturated carbocycles. The molecule has 23 heteroatoms. The maximum Gasteiger partial charge on any atom is 0.408 e. The van der Waals surface area contributed by atoms with Crippen LogP contribution < -0.4 is 35.7 Å². The Morgan fingerprint density at radius 3 is 1.41 bits per heavy atom. The van der Waals surface area contributed by atoms with E-state index in [2.05, 4.69) is 114 Å². The molecule has 0 unspecified atom stereocenters. The largest absolute Gasteiger partial charge is 0.543 e. The predicted molar refractivity (Wildman–Crippen MR) is 401 cm³/mol. The fourth-order valence-electron chi connectivity index (χ4n) is 10.8. The minimum atomic E-state index is -2.14. The highest BCUT2D eigenvalue weighted by Gasteiger charge is 2.42. The Morgan fingerprint density at radius 2 is 1.03 bits per heavy atom. The molecule has 2 aromatic rings. The number of Topliss-reactive ketones (excluding diaryl/α,β-unsaturated/α-hetero) is 1. The van der Waals surface area contributed by atoms with E-state index in [-0.39, 0.29) is 64.9 Å². The number of hydrogen-bond donors (Lipinski definition) is 5. The number of methoxy groups -OCH3 is 1. The van der Waals surface area contributed by atoms with Crippen LogP contribution in [0.3, 0.4) is 0 Å². The van der Waals surface area contributed by atoms with E-state index < -0.39 is 94.1 Å².